The predicted molar refractivity (Wildman–Crippen MR) is 87.6 cm³/mol. The van der Waals surface area contributed by atoms with Crippen molar-refractivity contribution in [3.63, 3.8) is 0 Å². The van der Waals surface area contributed by atoms with Crippen LogP contribution in [0, 0.1) is 0 Å². The molecular weight excluding hydrogens is 291 g/mol. The lowest BCUT2D eigenvalue weighted by Crippen LogP contribution is -2.49. The zero-order valence-electron chi connectivity index (χ0n) is 12.5. The summed E-state index contributed by atoms with van der Waals surface area (Å²) in [5.74, 6) is 0. The van der Waals surface area contributed by atoms with Gasteiger partial charge >= 0.3 is 0 Å². The van der Waals surface area contributed by atoms with Crippen LogP contribution in [0.2, 0.25) is 10.0 Å². The molecule has 0 bridgehead atoms. The van der Waals surface area contributed by atoms with Crippen molar-refractivity contribution in [2.45, 2.75) is 51.7 Å². The molecule has 1 aromatic carbocycles. The maximum atomic E-state index is 6.21. The fourth-order valence-electron chi connectivity index (χ4n) is 2.69. The van der Waals surface area contributed by atoms with E-state index in [1.165, 1.54) is 12.8 Å². The van der Waals surface area contributed by atoms with Gasteiger partial charge in [-0.25, -0.2) is 0 Å². The number of hydrogen-bond donors (Lipinski definition) is 1. The fraction of sp³-hybridized carbons (Fsp3) is 0.625. The van der Waals surface area contributed by atoms with Crippen molar-refractivity contribution in [3.8, 4) is 0 Å². The fourth-order valence-corrected chi connectivity index (χ4v) is 3.08. The van der Waals surface area contributed by atoms with Gasteiger partial charge in [0.15, 0.2) is 0 Å². The Hall–Kier alpha value is -0.280. The predicted octanol–water partition coefficient (Wildman–Crippen LogP) is 4.35. The summed E-state index contributed by atoms with van der Waals surface area (Å²) in [6.07, 6.45) is 2.38. The lowest BCUT2D eigenvalue weighted by Gasteiger charge is -2.41. The van der Waals surface area contributed by atoms with Crippen LogP contribution >= 0.6 is 23.2 Å². The summed E-state index contributed by atoms with van der Waals surface area (Å²) in [5.41, 5.74) is 1.36. The maximum Gasteiger partial charge on any atom is 0.0637 e. The first-order valence-electron chi connectivity index (χ1n) is 7.29. The molecule has 1 N–H and O–H groups in total. The van der Waals surface area contributed by atoms with Gasteiger partial charge in [-0.1, -0.05) is 35.3 Å². The average Bonchev–Trinajstić information content (AvgIpc) is 2.40. The van der Waals surface area contributed by atoms with Gasteiger partial charge in [-0.3, -0.25) is 4.90 Å². The standard InChI is InChI=1S/C16H24Cl2N2/c1-16(2,3)20-9-7-13(8-10-20)19-11-12-5-4-6-14(17)15(12)18/h4-6,13,19H,7-11H2,1-3H3. The van der Waals surface area contributed by atoms with E-state index < -0.39 is 0 Å². The minimum Gasteiger partial charge on any atom is -0.310 e. The highest BCUT2D eigenvalue weighted by atomic mass is 35.5. The Morgan fingerprint density at radius 3 is 2.45 bits per heavy atom. The van der Waals surface area contributed by atoms with Crippen molar-refractivity contribution in [2.75, 3.05) is 13.1 Å². The Kier molecular flexibility index (Phi) is 5.36. The highest BCUT2D eigenvalue weighted by Gasteiger charge is 2.26. The van der Waals surface area contributed by atoms with E-state index in [0.29, 0.717) is 16.1 Å². The second kappa shape index (κ2) is 6.65. The second-order valence-electron chi connectivity index (χ2n) is 6.53. The van der Waals surface area contributed by atoms with E-state index >= 15 is 0 Å². The number of hydrogen-bond acceptors (Lipinski definition) is 2. The van der Waals surface area contributed by atoms with Crippen molar-refractivity contribution >= 4 is 23.2 Å². The molecule has 2 rings (SSSR count). The number of benzene rings is 1. The first-order chi connectivity index (χ1) is 9.38. The molecule has 112 valence electrons. The molecule has 0 unspecified atom stereocenters. The number of piperidine rings is 1. The van der Waals surface area contributed by atoms with E-state index in [2.05, 4.69) is 31.0 Å². The van der Waals surface area contributed by atoms with Crippen LogP contribution in [0.3, 0.4) is 0 Å². The molecular formula is C16H24Cl2N2. The van der Waals surface area contributed by atoms with Crippen molar-refractivity contribution in [1.29, 1.82) is 0 Å². The lowest BCUT2D eigenvalue weighted by atomic mass is 9.98. The molecule has 0 spiro atoms. The van der Waals surface area contributed by atoms with Crippen molar-refractivity contribution in [2.24, 2.45) is 0 Å². The first kappa shape index (κ1) is 16.1. The molecule has 0 aliphatic carbocycles. The van der Waals surface area contributed by atoms with E-state index in [1.54, 1.807) is 0 Å². The van der Waals surface area contributed by atoms with Crippen molar-refractivity contribution < 1.29 is 0 Å². The van der Waals surface area contributed by atoms with Gasteiger partial charge in [0.1, 0.15) is 0 Å². The summed E-state index contributed by atoms with van der Waals surface area (Å²) < 4.78 is 0. The zero-order valence-corrected chi connectivity index (χ0v) is 14.1. The van der Waals surface area contributed by atoms with Gasteiger partial charge in [0, 0.05) is 31.2 Å². The molecule has 0 amide bonds. The molecule has 1 saturated heterocycles. The van der Waals surface area contributed by atoms with Gasteiger partial charge in [-0.05, 0) is 45.2 Å². The molecule has 1 heterocycles. The highest BCUT2D eigenvalue weighted by molar-refractivity contribution is 6.42. The molecule has 20 heavy (non-hydrogen) atoms. The summed E-state index contributed by atoms with van der Waals surface area (Å²) in [7, 11) is 0. The first-order valence-corrected chi connectivity index (χ1v) is 8.05. The van der Waals surface area contributed by atoms with Gasteiger partial charge in [0.05, 0.1) is 10.0 Å². The Balaban J connectivity index is 1.83. The van der Waals surface area contributed by atoms with E-state index in [0.717, 1.165) is 25.2 Å². The largest absolute Gasteiger partial charge is 0.310 e. The van der Waals surface area contributed by atoms with E-state index in [1.807, 2.05) is 18.2 Å². The highest BCUT2D eigenvalue weighted by Crippen LogP contribution is 2.26. The monoisotopic (exact) mass is 314 g/mol. The van der Waals surface area contributed by atoms with Gasteiger partial charge in [0.25, 0.3) is 0 Å². The summed E-state index contributed by atoms with van der Waals surface area (Å²) in [5, 5.41) is 4.92. The Bertz CT molecular complexity index is 446. The third-order valence-electron chi connectivity index (χ3n) is 4.06. The van der Waals surface area contributed by atoms with Crippen LogP contribution < -0.4 is 5.32 Å². The van der Waals surface area contributed by atoms with Crippen molar-refractivity contribution in [3.05, 3.63) is 33.8 Å². The summed E-state index contributed by atoms with van der Waals surface area (Å²) in [4.78, 5) is 2.55. The molecule has 0 saturated carbocycles. The maximum absolute atomic E-state index is 6.21. The summed E-state index contributed by atoms with van der Waals surface area (Å²) in [6, 6.07) is 6.39. The van der Waals surface area contributed by atoms with Crippen LogP contribution in [0.15, 0.2) is 18.2 Å². The summed E-state index contributed by atoms with van der Waals surface area (Å²) in [6.45, 7) is 9.96. The Morgan fingerprint density at radius 2 is 1.85 bits per heavy atom. The Labute approximate surface area is 132 Å². The quantitative estimate of drug-likeness (QED) is 0.892. The van der Waals surface area contributed by atoms with Crippen LogP contribution in [0.5, 0.6) is 0 Å². The zero-order chi connectivity index (χ0) is 14.8. The van der Waals surface area contributed by atoms with Gasteiger partial charge in [-0.15, -0.1) is 0 Å². The van der Waals surface area contributed by atoms with Crippen LogP contribution in [0.1, 0.15) is 39.2 Å². The van der Waals surface area contributed by atoms with Crippen LogP contribution in [-0.4, -0.2) is 29.6 Å². The molecule has 1 fully saturated rings. The molecule has 0 aromatic heterocycles. The third kappa shape index (κ3) is 4.11. The van der Waals surface area contributed by atoms with Crippen LogP contribution in [0.4, 0.5) is 0 Å². The number of nitrogens with zero attached hydrogens (tertiary/aromatic N) is 1. The van der Waals surface area contributed by atoms with Crippen LogP contribution in [0.25, 0.3) is 0 Å². The van der Waals surface area contributed by atoms with Gasteiger partial charge < -0.3 is 5.32 Å². The molecule has 1 aromatic rings. The number of rotatable bonds is 3. The number of nitrogens with one attached hydrogen (secondary N) is 1. The number of likely N-dealkylation sites (tertiary alicyclic amines) is 1. The van der Waals surface area contributed by atoms with Gasteiger partial charge in [0.2, 0.25) is 0 Å². The average molecular weight is 315 g/mol. The topological polar surface area (TPSA) is 15.3 Å². The SMILES string of the molecule is CC(C)(C)N1CCC(NCc2cccc(Cl)c2Cl)CC1. The summed E-state index contributed by atoms with van der Waals surface area (Å²) >= 11 is 12.3. The smallest absolute Gasteiger partial charge is 0.0637 e. The molecule has 0 radical (unpaired) electrons. The normalized spacial score (nSPS) is 18.4. The van der Waals surface area contributed by atoms with Crippen LogP contribution in [-0.2, 0) is 6.54 Å². The lowest BCUT2D eigenvalue weighted by molar-refractivity contribution is 0.0960. The van der Waals surface area contributed by atoms with Crippen molar-refractivity contribution in [1.82, 2.24) is 10.2 Å². The van der Waals surface area contributed by atoms with E-state index in [4.69, 9.17) is 23.2 Å². The minimum absolute atomic E-state index is 0.279. The van der Waals surface area contributed by atoms with E-state index in [9.17, 15) is 0 Å². The molecule has 1 aliphatic heterocycles. The van der Waals surface area contributed by atoms with E-state index in [-0.39, 0.29) is 5.54 Å². The van der Waals surface area contributed by atoms with Gasteiger partial charge in [-0.2, -0.15) is 0 Å². The molecule has 1 aliphatic rings. The second-order valence-corrected chi connectivity index (χ2v) is 7.31. The molecule has 0 atom stereocenters. The number of halogens is 2. The minimum atomic E-state index is 0.279. The third-order valence-corrected chi connectivity index (χ3v) is 4.91. The Morgan fingerprint density at radius 1 is 1.20 bits per heavy atom. The molecule has 2 nitrogen and oxygen atoms in total. The molecule has 4 heteroatoms.